The molecule has 0 bridgehead atoms. The average molecular weight is 881 g/mol. The molecule has 0 fully saturated rings. The Morgan fingerprint density at radius 3 is 0.984 bits per heavy atom. The third-order valence-corrected chi connectivity index (χ3v) is 11.5. The number of hydrogen-bond donors (Lipinski definition) is 0. The van der Waals surface area contributed by atoms with Gasteiger partial charge in [0.1, 0.15) is 13.2 Å². The van der Waals surface area contributed by atoms with Crippen molar-refractivity contribution in [1.82, 2.24) is 0 Å². The second-order valence-electron chi connectivity index (χ2n) is 17.8. The summed E-state index contributed by atoms with van der Waals surface area (Å²) in [5, 5.41) is 0. The van der Waals surface area contributed by atoms with Crippen molar-refractivity contribution in [3.05, 3.63) is 60.8 Å². The molecule has 0 aromatic carbocycles. The molecule has 0 amide bonds. The van der Waals surface area contributed by atoms with Crippen molar-refractivity contribution in [3.8, 4) is 0 Å². The van der Waals surface area contributed by atoms with Gasteiger partial charge in [-0.15, -0.1) is 0 Å². The molecule has 0 aliphatic rings. The molecule has 0 aromatic rings. The Bertz CT molecular complexity index is 1150. The highest BCUT2D eigenvalue weighted by molar-refractivity contribution is 5.71. The van der Waals surface area contributed by atoms with E-state index in [0.29, 0.717) is 19.3 Å². The van der Waals surface area contributed by atoms with Gasteiger partial charge in [0.05, 0.1) is 0 Å². The van der Waals surface area contributed by atoms with Gasteiger partial charge >= 0.3 is 17.9 Å². The first kappa shape index (κ1) is 60.1. The summed E-state index contributed by atoms with van der Waals surface area (Å²) in [5.41, 5.74) is 0. The third-order valence-electron chi connectivity index (χ3n) is 11.5. The molecule has 364 valence electrons. The molecule has 0 heterocycles. The molecular formula is C57H100O6. The van der Waals surface area contributed by atoms with Crippen LogP contribution in [-0.4, -0.2) is 37.2 Å². The summed E-state index contributed by atoms with van der Waals surface area (Å²) in [6, 6.07) is 0. The maximum absolute atomic E-state index is 12.8. The summed E-state index contributed by atoms with van der Waals surface area (Å²) >= 11 is 0. The Balaban J connectivity index is 4.35. The monoisotopic (exact) mass is 881 g/mol. The molecule has 0 radical (unpaired) electrons. The molecular weight excluding hydrogens is 781 g/mol. The number of unbranched alkanes of at least 4 members (excludes halogenated alkanes) is 29. The fourth-order valence-corrected chi connectivity index (χ4v) is 7.40. The molecule has 0 saturated heterocycles. The summed E-state index contributed by atoms with van der Waals surface area (Å²) in [4.78, 5) is 38.0. The van der Waals surface area contributed by atoms with Crippen LogP contribution in [0.25, 0.3) is 0 Å². The van der Waals surface area contributed by atoms with Crippen molar-refractivity contribution >= 4 is 17.9 Å². The lowest BCUT2D eigenvalue weighted by Crippen LogP contribution is -2.30. The van der Waals surface area contributed by atoms with E-state index in [-0.39, 0.29) is 31.1 Å². The van der Waals surface area contributed by atoms with Crippen LogP contribution in [0, 0.1) is 0 Å². The molecule has 63 heavy (non-hydrogen) atoms. The van der Waals surface area contributed by atoms with E-state index in [4.69, 9.17) is 14.2 Å². The number of carbonyl (C=O) groups is 3. The largest absolute Gasteiger partial charge is 0.462 e. The Hall–Kier alpha value is -2.89. The van der Waals surface area contributed by atoms with Crippen LogP contribution >= 0.6 is 0 Å². The molecule has 0 spiro atoms. The van der Waals surface area contributed by atoms with Gasteiger partial charge in [-0.05, 0) is 89.9 Å². The minimum Gasteiger partial charge on any atom is -0.462 e. The standard InChI is InChI=1S/C57H100O6/c1-4-7-10-13-16-19-22-24-26-27-28-29-31-32-35-38-41-44-47-50-56(59)62-53-54(52-61-55(58)49-46-43-40-37-34-21-18-15-12-9-6-3)63-57(60)51-48-45-42-39-36-33-30-25-23-20-17-14-11-8-5-2/h15-16,18-24,34,54H,4-14,17,25-33,35-53H2,1-3H3/b18-15-,19-16-,23-20-,24-22-,34-21-. The maximum Gasteiger partial charge on any atom is 0.306 e. The minimum atomic E-state index is -0.787. The molecule has 1 atom stereocenters. The van der Waals surface area contributed by atoms with Gasteiger partial charge in [-0.25, -0.2) is 0 Å². The van der Waals surface area contributed by atoms with Gasteiger partial charge in [0.2, 0.25) is 0 Å². The fourth-order valence-electron chi connectivity index (χ4n) is 7.40. The molecule has 6 nitrogen and oxygen atoms in total. The van der Waals surface area contributed by atoms with Crippen LogP contribution in [0.4, 0.5) is 0 Å². The number of esters is 3. The number of hydrogen-bond acceptors (Lipinski definition) is 6. The van der Waals surface area contributed by atoms with Gasteiger partial charge < -0.3 is 14.2 Å². The normalized spacial score (nSPS) is 12.5. The van der Waals surface area contributed by atoms with Gasteiger partial charge in [0, 0.05) is 19.3 Å². The van der Waals surface area contributed by atoms with Crippen LogP contribution in [0.5, 0.6) is 0 Å². The average Bonchev–Trinajstić information content (AvgIpc) is 3.28. The molecule has 0 aromatic heterocycles. The number of allylic oxidation sites excluding steroid dienone is 10. The lowest BCUT2D eigenvalue weighted by molar-refractivity contribution is -0.167. The van der Waals surface area contributed by atoms with Crippen molar-refractivity contribution in [3.63, 3.8) is 0 Å². The molecule has 0 aliphatic heterocycles. The molecule has 0 N–H and O–H groups in total. The van der Waals surface area contributed by atoms with Crippen molar-refractivity contribution in [2.24, 2.45) is 0 Å². The molecule has 0 aliphatic carbocycles. The van der Waals surface area contributed by atoms with Gasteiger partial charge in [0.25, 0.3) is 0 Å². The van der Waals surface area contributed by atoms with Crippen molar-refractivity contribution in [2.45, 2.75) is 271 Å². The number of ether oxygens (including phenoxy) is 3. The van der Waals surface area contributed by atoms with Crippen molar-refractivity contribution in [2.75, 3.05) is 13.2 Å². The highest BCUT2D eigenvalue weighted by Gasteiger charge is 2.19. The van der Waals surface area contributed by atoms with E-state index in [1.165, 1.54) is 154 Å². The highest BCUT2D eigenvalue weighted by atomic mass is 16.6. The topological polar surface area (TPSA) is 78.9 Å². The second kappa shape index (κ2) is 51.7. The first-order chi connectivity index (χ1) is 31.0. The summed E-state index contributed by atoms with van der Waals surface area (Å²) in [7, 11) is 0. The Morgan fingerprint density at radius 2 is 0.587 bits per heavy atom. The van der Waals surface area contributed by atoms with E-state index in [9.17, 15) is 14.4 Å². The van der Waals surface area contributed by atoms with Gasteiger partial charge in [-0.3, -0.25) is 14.4 Å². The summed E-state index contributed by atoms with van der Waals surface area (Å²) in [5.74, 6) is -0.917. The molecule has 0 saturated carbocycles. The van der Waals surface area contributed by atoms with Crippen molar-refractivity contribution < 1.29 is 28.6 Å². The minimum absolute atomic E-state index is 0.0857. The first-order valence-corrected chi connectivity index (χ1v) is 26.8. The Labute approximate surface area is 390 Å². The second-order valence-corrected chi connectivity index (χ2v) is 17.8. The zero-order valence-electron chi connectivity index (χ0n) is 41.6. The first-order valence-electron chi connectivity index (χ1n) is 26.8. The van der Waals surface area contributed by atoms with Crippen LogP contribution in [0.1, 0.15) is 265 Å². The summed E-state index contributed by atoms with van der Waals surface area (Å²) in [6.07, 6.45) is 63.5. The molecule has 6 heteroatoms. The zero-order chi connectivity index (χ0) is 45.8. The SMILES string of the molecule is CCCC/C=C\C=C/CCCCCC(=O)OCC(COC(=O)CCCCCCCCCCCC/C=C\C=C/CCCCC)OC(=O)CCCCCCCCC/C=C\CCCCCC. The summed E-state index contributed by atoms with van der Waals surface area (Å²) in [6.45, 7) is 6.53. The highest BCUT2D eigenvalue weighted by Crippen LogP contribution is 2.15. The molecule has 1 unspecified atom stereocenters. The van der Waals surface area contributed by atoms with Gasteiger partial charge in [0.15, 0.2) is 6.10 Å². The van der Waals surface area contributed by atoms with E-state index in [1.54, 1.807) is 0 Å². The van der Waals surface area contributed by atoms with E-state index in [2.05, 4.69) is 81.5 Å². The third kappa shape index (κ3) is 50.0. The van der Waals surface area contributed by atoms with Crippen LogP contribution < -0.4 is 0 Å². The van der Waals surface area contributed by atoms with E-state index in [0.717, 1.165) is 70.6 Å². The van der Waals surface area contributed by atoms with Crippen LogP contribution in [0.15, 0.2) is 60.8 Å². The molecule has 0 rings (SSSR count). The van der Waals surface area contributed by atoms with E-state index < -0.39 is 6.10 Å². The number of carbonyl (C=O) groups excluding carboxylic acids is 3. The van der Waals surface area contributed by atoms with Crippen LogP contribution in [-0.2, 0) is 28.6 Å². The maximum atomic E-state index is 12.8. The number of rotatable bonds is 48. The fraction of sp³-hybridized carbons (Fsp3) is 0.772. The van der Waals surface area contributed by atoms with Crippen molar-refractivity contribution in [1.29, 1.82) is 0 Å². The summed E-state index contributed by atoms with van der Waals surface area (Å²) < 4.78 is 16.8. The predicted molar refractivity (Wildman–Crippen MR) is 270 cm³/mol. The smallest absolute Gasteiger partial charge is 0.306 e. The van der Waals surface area contributed by atoms with Crippen LogP contribution in [0.2, 0.25) is 0 Å². The lowest BCUT2D eigenvalue weighted by Gasteiger charge is -2.18. The predicted octanol–water partition coefficient (Wildman–Crippen LogP) is 17.6. The van der Waals surface area contributed by atoms with E-state index in [1.807, 2.05) is 0 Å². The Morgan fingerprint density at radius 1 is 0.317 bits per heavy atom. The van der Waals surface area contributed by atoms with Gasteiger partial charge in [-0.2, -0.15) is 0 Å². The zero-order valence-corrected chi connectivity index (χ0v) is 41.6. The Kier molecular flexibility index (Phi) is 49.4. The quantitative estimate of drug-likeness (QED) is 0.0199. The van der Waals surface area contributed by atoms with Gasteiger partial charge in [-0.1, -0.05) is 216 Å². The van der Waals surface area contributed by atoms with Crippen LogP contribution in [0.3, 0.4) is 0 Å². The lowest BCUT2D eigenvalue weighted by atomic mass is 10.1. The van der Waals surface area contributed by atoms with E-state index >= 15 is 0 Å².